The quantitative estimate of drug-likeness (QED) is 0.316. The van der Waals surface area contributed by atoms with Crippen molar-refractivity contribution < 1.29 is 13.9 Å². The molecule has 0 spiro atoms. The monoisotopic (exact) mass is 486 g/mol. The first-order chi connectivity index (χ1) is 14.5. The number of furan rings is 1. The molecule has 0 aliphatic carbocycles. The van der Waals surface area contributed by atoms with E-state index >= 15 is 0 Å². The third kappa shape index (κ3) is 6.43. The molecule has 3 rings (SSSR count). The summed E-state index contributed by atoms with van der Waals surface area (Å²) in [4.78, 5) is 12.3. The number of hydrogen-bond acceptors (Lipinski definition) is 4. The number of rotatable bonds is 8. The summed E-state index contributed by atoms with van der Waals surface area (Å²) in [6.45, 7) is 3.16. The van der Waals surface area contributed by atoms with Crippen molar-refractivity contribution in [3.05, 3.63) is 76.5 Å². The maximum Gasteiger partial charge on any atom is 0.257 e. The second-order valence-electron chi connectivity index (χ2n) is 6.64. The molecule has 7 heteroatoms. The third-order valence-corrected chi connectivity index (χ3v) is 5.10. The highest BCUT2D eigenvalue weighted by Crippen LogP contribution is 2.24. The molecule has 2 aromatic carbocycles. The molecule has 156 valence electrons. The summed E-state index contributed by atoms with van der Waals surface area (Å²) in [5.74, 6) is 1.97. The van der Waals surface area contributed by atoms with Crippen LogP contribution in [0.4, 0.5) is 0 Å². The number of benzene rings is 2. The molecule has 0 atom stereocenters. The van der Waals surface area contributed by atoms with Crippen LogP contribution in [0.3, 0.4) is 0 Å². The Hall–Kier alpha value is -2.64. The fourth-order valence-corrected chi connectivity index (χ4v) is 3.10. The average Bonchev–Trinajstić information content (AvgIpc) is 3.22. The van der Waals surface area contributed by atoms with Crippen LogP contribution < -0.4 is 15.4 Å². The number of ether oxygens (including phenoxy) is 1. The predicted octanol–water partition coefficient (Wildman–Crippen LogP) is 5.69. The highest BCUT2D eigenvalue weighted by atomic mass is 79.9. The molecule has 0 bridgehead atoms. The van der Waals surface area contributed by atoms with Crippen LogP contribution in [0.25, 0.3) is 11.3 Å². The zero-order chi connectivity index (χ0) is 21.3. The normalized spacial score (nSPS) is 10.5. The van der Waals surface area contributed by atoms with E-state index in [2.05, 4.69) is 33.5 Å². The summed E-state index contributed by atoms with van der Waals surface area (Å²) < 4.78 is 12.5. The van der Waals surface area contributed by atoms with E-state index in [9.17, 15) is 4.79 Å². The molecule has 5 nitrogen and oxygen atoms in total. The van der Waals surface area contributed by atoms with E-state index in [0.717, 1.165) is 40.1 Å². The average molecular weight is 487 g/mol. The number of halogens is 1. The first kappa shape index (κ1) is 22.1. The zero-order valence-corrected chi connectivity index (χ0v) is 19.0. The van der Waals surface area contributed by atoms with Crippen molar-refractivity contribution in [2.75, 3.05) is 6.61 Å². The molecule has 1 heterocycles. The first-order valence-electron chi connectivity index (χ1n) is 9.72. The van der Waals surface area contributed by atoms with Crippen LogP contribution in [0.2, 0.25) is 0 Å². The van der Waals surface area contributed by atoms with E-state index in [0.29, 0.717) is 18.7 Å². The number of hydrogen-bond donors (Lipinski definition) is 2. The van der Waals surface area contributed by atoms with Crippen molar-refractivity contribution in [1.29, 1.82) is 0 Å². The molecule has 0 aliphatic heterocycles. The SMILES string of the molecule is CCCCOc1ccc(C(=O)NC(=S)NCc2ccc(-c3ccc(Br)cc3)o2)cc1. The van der Waals surface area contributed by atoms with E-state index in [1.807, 2.05) is 36.4 Å². The van der Waals surface area contributed by atoms with Gasteiger partial charge in [0.1, 0.15) is 17.3 Å². The van der Waals surface area contributed by atoms with Crippen molar-refractivity contribution in [2.45, 2.75) is 26.3 Å². The molecule has 0 unspecified atom stereocenters. The van der Waals surface area contributed by atoms with Gasteiger partial charge < -0.3 is 14.5 Å². The molecule has 1 amide bonds. The molecule has 0 saturated heterocycles. The van der Waals surface area contributed by atoms with Gasteiger partial charge in [0.25, 0.3) is 5.91 Å². The van der Waals surface area contributed by atoms with Gasteiger partial charge in [-0.25, -0.2) is 0 Å². The largest absolute Gasteiger partial charge is 0.494 e. The van der Waals surface area contributed by atoms with Crippen LogP contribution in [-0.4, -0.2) is 17.6 Å². The molecule has 3 aromatic rings. The van der Waals surface area contributed by atoms with Crippen LogP contribution >= 0.6 is 28.1 Å². The molecule has 2 N–H and O–H groups in total. The van der Waals surface area contributed by atoms with Gasteiger partial charge in [0.15, 0.2) is 5.11 Å². The number of nitrogens with one attached hydrogen (secondary N) is 2. The molecule has 0 saturated carbocycles. The molecule has 1 aromatic heterocycles. The Kier molecular flexibility index (Phi) is 8.04. The number of carbonyl (C=O) groups excluding carboxylic acids is 1. The minimum absolute atomic E-state index is 0.241. The molecule has 0 aliphatic rings. The van der Waals surface area contributed by atoms with E-state index in [1.54, 1.807) is 24.3 Å². The van der Waals surface area contributed by atoms with Crippen molar-refractivity contribution in [2.24, 2.45) is 0 Å². The maximum atomic E-state index is 12.3. The van der Waals surface area contributed by atoms with Gasteiger partial charge in [-0.1, -0.05) is 41.4 Å². The summed E-state index contributed by atoms with van der Waals surface area (Å²) in [7, 11) is 0. The Balaban J connectivity index is 1.47. The van der Waals surface area contributed by atoms with Crippen molar-refractivity contribution in [3.63, 3.8) is 0 Å². The number of thiocarbonyl (C=S) groups is 1. The fraction of sp³-hybridized carbons (Fsp3) is 0.217. The standard InChI is InChI=1S/C23H23BrN2O3S/c1-2-3-14-28-19-10-6-17(7-11-19)22(27)26-23(30)25-15-20-12-13-21(29-20)16-4-8-18(24)9-5-16/h4-13H,2-3,14-15H2,1H3,(H2,25,26,27,30). The summed E-state index contributed by atoms with van der Waals surface area (Å²) in [6, 6.07) is 18.7. The van der Waals surface area contributed by atoms with Gasteiger partial charge in [0.05, 0.1) is 13.2 Å². The van der Waals surface area contributed by atoms with Gasteiger partial charge in [-0.3, -0.25) is 10.1 Å². The van der Waals surface area contributed by atoms with Gasteiger partial charge in [-0.15, -0.1) is 0 Å². The fourth-order valence-electron chi connectivity index (χ4n) is 2.67. The minimum atomic E-state index is -0.275. The second-order valence-corrected chi connectivity index (χ2v) is 7.96. The second kappa shape index (κ2) is 10.9. The topological polar surface area (TPSA) is 63.5 Å². The Morgan fingerprint density at radius 2 is 1.80 bits per heavy atom. The molecule has 0 radical (unpaired) electrons. The van der Waals surface area contributed by atoms with Crippen LogP contribution in [0, 0.1) is 0 Å². The molecule has 30 heavy (non-hydrogen) atoms. The van der Waals surface area contributed by atoms with Crippen LogP contribution in [0.5, 0.6) is 5.75 Å². The Labute approximate surface area is 189 Å². The number of amides is 1. The number of carbonyl (C=O) groups is 1. The summed E-state index contributed by atoms with van der Waals surface area (Å²) >= 11 is 8.65. The third-order valence-electron chi connectivity index (χ3n) is 4.32. The van der Waals surface area contributed by atoms with Crippen molar-refractivity contribution in [1.82, 2.24) is 10.6 Å². The lowest BCUT2D eigenvalue weighted by Gasteiger charge is -2.09. The molecule has 0 fully saturated rings. The highest BCUT2D eigenvalue weighted by Gasteiger charge is 2.09. The van der Waals surface area contributed by atoms with Crippen LogP contribution in [-0.2, 0) is 6.54 Å². The van der Waals surface area contributed by atoms with Gasteiger partial charge >= 0.3 is 0 Å². The molecular weight excluding hydrogens is 464 g/mol. The lowest BCUT2D eigenvalue weighted by Crippen LogP contribution is -2.38. The van der Waals surface area contributed by atoms with E-state index in [-0.39, 0.29) is 11.0 Å². The van der Waals surface area contributed by atoms with E-state index < -0.39 is 0 Å². The first-order valence-corrected chi connectivity index (χ1v) is 10.9. The Morgan fingerprint density at radius 1 is 1.07 bits per heavy atom. The van der Waals surface area contributed by atoms with Crippen molar-refractivity contribution >= 4 is 39.2 Å². The van der Waals surface area contributed by atoms with Gasteiger partial charge in [0.2, 0.25) is 0 Å². The van der Waals surface area contributed by atoms with E-state index in [4.69, 9.17) is 21.4 Å². The maximum absolute atomic E-state index is 12.3. The lowest BCUT2D eigenvalue weighted by molar-refractivity contribution is 0.0976. The highest BCUT2D eigenvalue weighted by molar-refractivity contribution is 9.10. The number of unbranched alkanes of at least 4 members (excludes halogenated alkanes) is 1. The van der Waals surface area contributed by atoms with Gasteiger partial charge in [-0.2, -0.15) is 0 Å². The van der Waals surface area contributed by atoms with Gasteiger partial charge in [-0.05, 0) is 67.2 Å². The zero-order valence-electron chi connectivity index (χ0n) is 16.6. The Morgan fingerprint density at radius 3 is 2.50 bits per heavy atom. The minimum Gasteiger partial charge on any atom is -0.494 e. The van der Waals surface area contributed by atoms with Crippen LogP contribution in [0.1, 0.15) is 35.9 Å². The summed E-state index contributed by atoms with van der Waals surface area (Å²) in [6.07, 6.45) is 2.08. The Bertz CT molecular complexity index is 984. The van der Waals surface area contributed by atoms with E-state index in [1.165, 1.54) is 0 Å². The predicted molar refractivity (Wildman–Crippen MR) is 126 cm³/mol. The van der Waals surface area contributed by atoms with Crippen LogP contribution in [0.15, 0.2) is 69.6 Å². The lowest BCUT2D eigenvalue weighted by atomic mass is 10.2. The molecular formula is C23H23BrN2O3S. The van der Waals surface area contributed by atoms with Crippen molar-refractivity contribution in [3.8, 4) is 17.1 Å². The summed E-state index contributed by atoms with van der Waals surface area (Å²) in [5.41, 5.74) is 1.50. The summed E-state index contributed by atoms with van der Waals surface area (Å²) in [5, 5.41) is 5.91. The smallest absolute Gasteiger partial charge is 0.257 e. The van der Waals surface area contributed by atoms with Gasteiger partial charge in [0, 0.05) is 15.6 Å².